The molecule has 3 rings (SSSR count). The second kappa shape index (κ2) is 3.96. The molecule has 0 spiro atoms. The summed E-state index contributed by atoms with van der Waals surface area (Å²) in [5.41, 5.74) is 0.635. The third kappa shape index (κ3) is 1.78. The van der Waals surface area contributed by atoms with Crippen LogP contribution in [0.25, 0.3) is 0 Å². The zero-order valence-electron chi connectivity index (χ0n) is 9.28. The van der Waals surface area contributed by atoms with Crippen LogP contribution in [0.3, 0.4) is 0 Å². The Balaban J connectivity index is 2.16. The predicted octanol–water partition coefficient (Wildman–Crippen LogP) is 2.21. The topological polar surface area (TPSA) is 55.7 Å². The van der Waals surface area contributed by atoms with Gasteiger partial charge in [-0.1, -0.05) is 30.3 Å². The maximum atomic E-state index is 12.0. The summed E-state index contributed by atoms with van der Waals surface area (Å²) in [7, 11) is -3.68. The van der Waals surface area contributed by atoms with E-state index in [2.05, 4.69) is 4.40 Å². The highest BCUT2D eigenvalue weighted by Crippen LogP contribution is 2.30. The normalized spacial score (nSPS) is 16.3. The SMILES string of the molecule is O=S1(=O)N=C(c2ccccc2)Oc2ccccc21. The second-order valence-electron chi connectivity index (χ2n) is 3.79. The lowest BCUT2D eigenvalue weighted by Gasteiger charge is -2.16. The monoisotopic (exact) mass is 259 g/mol. The highest BCUT2D eigenvalue weighted by molar-refractivity contribution is 7.90. The molecule has 18 heavy (non-hydrogen) atoms. The van der Waals surface area contributed by atoms with Crippen molar-refractivity contribution in [3.8, 4) is 5.75 Å². The summed E-state index contributed by atoms with van der Waals surface area (Å²) in [5, 5.41) is 0. The molecule has 0 atom stereocenters. The number of hydrogen-bond acceptors (Lipinski definition) is 3. The van der Waals surface area contributed by atoms with E-state index in [1.165, 1.54) is 6.07 Å². The maximum Gasteiger partial charge on any atom is 0.289 e. The van der Waals surface area contributed by atoms with Gasteiger partial charge >= 0.3 is 0 Å². The minimum absolute atomic E-state index is 0.102. The number of hydrogen-bond donors (Lipinski definition) is 0. The number of para-hydroxylation sites is 1. The van der Waals surface area contributed by atoms with Crippen LogP contribution >= 0.6 is 0 Å². The molecular weight excluding hydrogens is 250 g/mol. The van der Waals surface area contributed by atoms with E-state index >= 15 is 0 Å². The molecule has 0 bridgehead atoms. The first kappa shape index (κ1) is 11.0. The molecule has 0 aliphatic carbocycles. The summed E-state index contributed by atoms with van der Waals surface area (Å²) in [5.74, 6) is 0.417. The third-order valence-electron chi connectivity index (χ3n) is 2.56. The minimum Gasteiger partial charge on any atom is -0.436 e. The summed E-state index contributed by atoms with van der Waals surface area (Å²) < 4.78 is 33.2. The van der Waals surface area contributed by atoms with Crippen LogP contribution in [0.2, 0.25) is 0 Å². The molecule has 1 aliphatic rings. The molecule has 0 saturated carbocycles. The van der Waals surface area contributed by atoms with E-state index in [1.54, 1.807) is 42.5 Å². The van der Waals surface area contributed by atoms with Gasteiger partial charge in [-0.15, -0.1) is 4.40 Å². The van der Waals surface area contributed by atoms with Crippen molar-refractivity contribution in [1.29, 1.82) is 0 Å². The summed E-state index contributed by atoms with van der Waals surface area (Å²) in [6, 6.07) is 15.4. The minimum atomic E-state index is -3.68. The van der Waals surface area contributed by atoms with Crippen molar-refractivity contribution in [2.24, 2.45) is 4.40 Å². The van der Waals surface area contributed by atoms with Crippen molar-refractivity contribution in [2.45, 2.75) is 4.90 Å². The van der Waals surface area contributed by atoms with Gasteiger partial charge in [-0.2, -0.15) is 8.42 Å². The number of ether oxygens (including phenoxy) is 1. The molecule has 1 aliphatic heterocycles. The molecule has 1 heterocycles. The molecule has 0 saturated heterocycles. The van der Waals surface area contributed by atoms with Crippen LogP contribution in [0.5, 0.6) is 5.75 Å². The van der Waals surface area contributed by atoms with E-state index < -0.39 is 10.0 Å². The lowest BCUT2D eigenvalue weighted by atomic mass is 10.2. The first-order chi connectivity index (χ1) is 8.67. The van der Waals surface area contributed by atoms with Crippen molar-refractivity contribution in [3.05, 3.63) is 60.2 Å². The molecule has 2 aromatic carbocycles. The van der Waals surface area contributed by atoms with Gasteiger partial charge in [0.2, 0.25) is 5.90 Å². The first-order valence-electron chi connectivity index (χ1n) is 5.34. The van der Waals surface area contributed by atoms with Crippen LogP contribution in [-0.2, 0) is 10.0 Å². The second-order valence-corrected chi connectivity index (χ2v) is 5.36. The van der Waals surface area contributed by atoms with Gasteiger partial charge in [-0.3, -0.25) is 0 Å². The van der Waals surface area contributed by atoms with Crippen LogP contribution in [0.1, 0.15) is 5.56 Å². The average Bonchev–Trinajstić information content (AvgIpc) is 2.39. The Morgan fingerprint density at radius 1 is 0.889 bits per heavy atom. The fraction of sp³-hybridized carbons (Fsp3) is 0. The number of sulfonamides is 1. The molecule has 0 unspecified atom stereocenters. The van der Waals surface area contributed by atoms with E-state index in [-0.39, 0.29) is 10.8 Å². The van der Waals surface area contributed by atoms with Gasteiger partial charge in [0, 0.05) is 5.56 Å². The Labute approximate surface area is 105 Å². The largest absolute Gasteiger partial charge is 0.436 e. The van der Waals surface area contributed by atoms with Crippen LogP contribution in [0.4, 0.5) is 0 Å². The number of fused-ring (bicyclic) bond motifs is 1. The maximum absolute atomic E-state index is 12.0. The van der Waals surface area contributed by atoms with Gasteiger partial charge in [0.05, 0.1) is 0 Å². The average molecular weight is 259 g/mol. The predicted molar refractivity (Wildman–Crippen MR) is 67.2 cm³/mol. The highest BCUT2D eigenvalue weighted by Gasteiger charge is 2.26. The Bertz CT molecular complexity index is 721. The third-order valence-corrected chi connectivity index (χ3v) is 3.86. The molecule has 5 heteroatoms. The fourth-order valence-corrected chi connectivity index (χ4v) is 2.79. The van der Waals surface area contributed by atoms with Gasteiger partial charge in [-0.25, -0.2) is 0 Å². The van der Waals surface area contributed by atoms with Gasteiger partial charge in [0.15, 0.2) is 0 Å². The van der Waals surface area contributed by atoms with Crippen molar-refractivity contribution in [1.82, 2.24) is 0 Å². The smallest absolute Gasteiger partial charge is 0.289 e. The van der Waals surface area contributed by atoms with Gasteiger partial charge in [-0.05, 0) is 24.3 Å². The van der Waals surface area contributed by atoms with E-state index in [0.717, 1.165) is 0 Å². The van der Waals surface area contributed by atoms with Crippen molar-refractivity contribution in [3.63, 3.8) is 0 Å². The molecule has 0 radical (unpaired) electrons. The summed E-state index contributed by atoms with van der Waals surface area (Å²) in [6.07, 6.45) is 0. The van der Waals surface area contributed by atoms with Gasteiger partial charge in [0.25, 0.3) is 10.0 Å². The number of rotatable bonds is 1. The quantitative estimate of drug-likeness (QED) is 0.789. The van der Waals surface area contributed by atoms with Crippen LogP contribution < -0.4 is 4.74 Å². The van der Waals surface area contributed by atoms with E-state index in [1.807, 2.05) is 6.07 Å². The number of nitrogens with zero attached hydrogens (tertiary/aromatic N) is 1. The van der Waals surface area contributed by atoms with Crippen LogP contribution in [-0.4, -0.2) is 14.3 Å². The zero-order valence-corrected chi connectivity index (χ0v) is 10.1. The Morgan fingerprint density at radius 3 is 2.33 bits per heavy atom. The van der Waals surface area contributed by atoms with Crippen LogP contribution in [0.15, 0.2) is 63.9 Å². The Morgan fingerprint density at radius 2 is 1.56 bits per heavy atom. The van der Waals surface area contributed by atoms with E-state index in [4.69, 9.17) is 4.74 Å². The lowest BCUT2D eigenvalue weighted by Crippen LogP contribution is -2.19. The molecule has 90 valence electrons. The van der Waals surface area contributed by atoms with Crippen molar-refractivity contribution < 1.29 is 13.2 Å². The Kier molecular flexibility index (Phi) is 2.41. The van der Waals surface area contributed by atoms with Gasteiger partial charge < -0.3 is 4.74 Å². The Hall–Kier alpha value is -2.14. The molecule has 0 fully saturated rings. The number of benzene rings is 2. The summed E-state index contributed by atoms with van der Waals surface area (Å²) >= 11 is 0. The van der Waals surface area contributed by atoms with Gasteiger partial charge in [0.1, 0.15) is 10.6 Å². The standard InChI is InChI=1S/C13H9NO3S/c15-18(16)12-9-5-4-8-11(12)17-13(14-18)10-6-2-1-3-7-10/h1-9H. The lowest BCUT2D eigenvalue weighted by molar-refractivity contribution is 0.519. The molecule has 0 aromatic heterocycles. The van der Waals surface area contributed by atoms with Crippen LogP contribution in [0, 0.1) is 0 Å². The fourth-order valence-electron chi connectivity index (χ4n) is 1.72. The van der Waals surface area contributed by atoms with Crippen molar-refractivity contribution in [2.75, 3.05) is 0 Å². The highest BCUT2D eigenvalue weighted by atomic mass is 32.2. The molecule has 0 amide bonds. The molecule has 0 N–H and O–H groups in total. The van der Waals surface area contributed by atoms with E-state index in [9.17, 15) is 8.42 Å². The first-order valence-corrected chi connectivity index (χ1v) is 6.78. The summed E-state index contributed by atoms with van der Waals surface area (Å²) in [6.45, 7) is 0. The molecule has 4 nitrogen and oxygen atoms in total. The van der Waals surface area contributed by atoms with E-state index in [0.29, 0.717) is 11.3 Å². The zero-order chi connectivity index (χ0) is 12.6. The molecule has 2 aromatic rings. The molecular formula is C13H9NO3S. The summed E-state index contributed by atoms with van der Waals surface area (Å²) in [4.78, 5) is 0.102. The van der Waals surface area contributed by atoms with Crippen molar-refractivity contribution >= 4 is 15.9 Å².